The first-order valence-electron chi connectivity index (χ1n) is 4.92. The summed E-state index contributed by atoms with van der Waals surface area (Å²) in [7, 11) is -2.81. The topological polar surface area (TPSA) is 77.2 Å². The summed E-state index contributed by atoms with van der Waals surface area (Å²) in [6.45, 7) is 0. The molecule has 1 heterocycles. The standard InChI is InChI=1S/C9H15NO3S/c10-9(5-8(11)6-9)7-1-3-14(12,13)4-2-7/h7H,1-6,10H2. The fraction of sp³-hybridized carbons (Fsp3) is 0.889. The molecule has 1 saturated carbocycles. The van der Waals surface area contributed by atoms with E-state index in [4.69, 9.17) is 5.73 Å². The smallest absolute Gasteiger partial charge is 0.150 e. The SMILES string of the molecule is NC1(C2CCS(=O)(=O)CC2)CC(=O)C1. The van der Waals surface area contributed by atoms with Crippen molar-refractivity contribution >= 4 is 15.6 Å². The minimum atomic E-state index is -2.81. The number of carbonyl (C=O) groups is 1. The molecule has 2 N–H and O–H groups in total. The molecule has 0 aromatic heterocycles. The van der Waals surface area contributed by atoms with Crippen LogP contribution in [0.25, 0.3) is 0 Å². The van der Waals surface area contributed by atoms with Crippen molar-refractivity contribution < 1.29 is 13.2 Å². The van der Waals surface area contributed by atoms with Crippen molar-refractivity contribution in [2.24, 2.45) is 11.7 Å². The Kier molecular flexibility index (Phi) is 2.19. The molecule has 0 spiro atoms. The Hall–Kier alpha value is -0.420. The molecule has 0 atom stereocenters. The van der Waals surface area contributed by atoms with Gasteiger partial charge in [-0.1, -0.05) is 0 Å². The highest BCUT2D eigenvalue weighted by molar-refractivity contribution is 7.91. The van der Waals surface area contributed by atoms with E-state index in [0.29, 0.717) is 25.7 Å². The molecule has 0 aromatic rings. The lowest BCUT2D eigenvalue weighted by atomic mass is 9.66. The van der Waals surface area contributed by atoms with Crippen LogP contribution in [0.15, 0.2) is 0 Å². The number of Topliss-reactive ketones (excluding diaryl/α,β-unsaturated/α-hetero) is 1. The van der Waals surface area contributed by atoms with Crippen molar-refractivity contribution in [3.63, 3.8) is 0 Å². The molecule has 0 unspecified atom stereocenters. The van der Waals surface area contributed by atoms with Gasteiger partial charge in [-0.3, -0.25) is 4.79 Å². The number of hydrogen-bond donors (Lipinski definition) is 1. The number of nitrogens with two attached hydrogens (primary N) is 1. The quantitative estimate of drug-likeness (QED) is 0.664. The molecule has 5 heteroatoms. The highest BCUT2D eigenvalue weighted by atomic mass is 32.2. The summed E-state index contributed by atoms with van der Waals surface area (Å²) < 4.78 is 22.4. The van der Waals surface area contributed by atoms with E-state index in [-0.39, 0.29) is 28.7 Å². The first-order valence-corrected chi connectivity index (χ1v) is 6.74. The van der Waals surface area contributed by atoms with Crippen molar-refractivity contribution in [3.05, 3.63) is 0 Å². The lowest BCUT2D eigenvalue weighted by Crippen LogP contribution is -2.59. The third-order valence-corrected chi connectivity index (χ3v) is 5.14. The van der Waals surface area contributed by atoms with Crippen molar-refractivity contribution in [2.75, 3.05) is 11.5 Å². The van der Waals surface area contributed by atoms with E-state index in [0.717, 1.165) is 0 Å². The van der Waals surface area contributed by atoms with Gasteiger partial charge in [-0.2, -0.15) is 0 Å². The second-order valence-corrected chi connectivity index (χ2v) is 6.86. The van der Waals surface area contributed by atoms with Gasteiger partial charge in [-0.15, -0.1) is 0 Å². The summed E-state index contributed by atoms with van der Waals surface area (Å²) in [6, 6.07) is 0. The minimum absolute atomic E-state index is 0.209. The van der Waals surface area contributed by atoms with E-state index in [1.165, 1.54) is 0 Å². The van der Waals surface area contributed by atoms with Gasteiger partial charge in [-0.05, 0) is 18.8 Å². The number of rotatable bonds is 1. The number of hydrogen-bond acceptors (Lipinski definition) is 4. The minimum Gasteiger partial charge on any atom is -0.324 e. The zero-order valence-corrected chi connectivity index (χ0v) is 8.85. The lowest BCUT2D eigenvalue weighted by molar-refractivity contribution is -0.130. The fourth-order valence-electron chi connectivity index (χ4n) is 2.44. The molecular formula is C9H15NO3S. The van der Waals surface area contributed by atoms with E-state index in [1.807, 2.05) is 0 Å². The van der Waals surface area contributed by atoms with Crippen LogP contribution >= 0.6 is 0 Å². The van der Waals surface area contributed by atoms with E-state index in [2.05, 4.69) is 0 Å². The first-order chi connectivity index (χ1) is 6.41. The van der Waals surface area contributed by atoms with Gasteiger partial charge in [0.1, 0.15) is 15.6 Å². The van der Waals surface area contributed by atoms with Crippen LogP contribution in [0.2, 0.25) is 0 Å². The van der Waals surface area contributed by atoms with E-state index in [1.54, 1.807) is 0 Å². The molecule has 2 fully saturated rings. The number of carbonyl (C=O) groups excluding carboxylic acids is 1. The summed E-state index contributed by atoms with van der Waals surface area (Å²) in [5.74, 6) is 0.917. The van der Waals surface area contributed by atoms with Gasteiger partial charge in [0.05, 0.1) is 11.5 Å². The zero-order valence-electron chi connectivity index (χ0n) is 8.03. The summed E-state index contributed by atoms with van der Waals surface area (Å²) in [5.41, 5.74) is 5.66. The molecule has 2 aliphatic rings. The number of ketones is 1. The van der Waals surface area contributed by atoms with Crippen LogP contribution in [0.4, 0.5) is 0 Å². The van der Waals surface area contributed by atoms with Gasteiger partial charge in [0.25, 0.3) is 0 Å². The van der Waals surface area contributed by atoms with Crippen LogP contribution in [0, 0.1) is 5.92 Å². The predicted octanol–water partition coefficient (Wildman–Crippen LogP) is -0.128. The Morgan fingerprint density at radius 3 is 2.14 bits per heavy atom. The van der Waals surface area contributed by atoms with Crippen LogP contribution in [0.1, 0.15) is 25.7 Å². The molecule has 1 saturated heterocycles. The van der Waals surface area contributed by atoms with Gasteiger partial charge < -0.3 is 5.73 Å². The maximum atomic E-state index is 11.2. The molecule has 0 radical (unpaired) electrons. The van der Waals surface area contributed by atoms with Gasteiger partial charge in [0.15, 0.2) is 0 Å². The lowest BCUT2D eigenvalue weighted by Gasteiger charge is -2.44. The Morgan fingerprint density at radius 2 is 1.71 bits per heavy atom. The molecule has 80 valence electrons. The second kappa shape index (κ2) is 3.03. The van der Waals surface area contributed by atoms with Gasteiger partial charge in [0, 0.05) is 18.4 Å². The van der Waals surface area contributed by atoms with E-state index >= 15 is 0 Å². The Morgan fingerprint density at radius 1 is 1.21 bits per heavy atom. The van der Waals surface area contributed by atoms with Crippen molar-refractivity contribution in [3.8, 4) is 0 Å². The fourth-order valence-corrected chi connectivity index (χ4v) is 3.93. The average molecular weight is 217 g/mol. The van der Waals surface area contributed by atoms with Gasteiger partial charge in [-0.25, -0.2) is 8.42 Å². The van der Waals surface area contributed by atoms with Crippen LogP contribution in [0.5, 0.6) is 0 Å². The highest BCUT2D eigenvalue weighted by Crippen LogP contribution is 2.39. The van der Waals surface area contributed by atoms with E-state index in [9.17, 15) is 13.2 Å². The maximum Gasteiger partial charge on any atom is 0.150 e. The molecule has 0 bridgehead atoms. The largest absolute Gasteiger partial charge is 0.324 e. The van der Waals surface area contributed by atoms with Crippen LogP contribution < -0.4 is 5.73 Å². The number of sulfone groups is 1. The summed E-state index contributed by atoms with van der Waals surface area (Å²) in [6.07, 6.45) is 2.15. The molecule has 2 rings (SSSR count). The molecule has 0 aromatic carbocycles. The monoisotopic (exact) mass is 217 g/mol. The van der Waals surface area contributed by atoms with Gasteiger partial charge in [0.2, 0.25) is 0 Å². The predicted molar refractivity (Wildman–Crippen MR) is 52.5 cm³/mol. The van der Waals surface area contributed by atoms with E-state index < -0.39 is 9.84 Å². The normalized spacial score (nSPS) is 31.1. The van der Waals surface area contributed by atoms with Crippen molar-refractivity contribution in [1.82, 2.24) is 0 Å². The Bertz CT molecular complexity index is 338. The molecule has 1 aliphatic heterocycles. The Balaban J connectivity index is 1.99. The highest BCUT2D eigenvalue weighted by Gasteiger charge is 2.47. The van der Waals surface area contributed by atoms with Crippen molar-refractivity contribution in [2.45, 2.75) is 31.2 Å². The third-order valence-electron chi connectivity index (χ3n) is 3.42. The molecule has 0 amide bonds. The summed E-state index contributed by atoms with van der Waals surface area (Å²) in [5, 5.41) is 0. The van der Waals surface area contributed by atoms with Crippen LogP contribution in [-0.2, 0) is 14.6 Å². The van der Waals surface area contributed by atoms with Crippen LogP contribution in [0.3, 0.4) is 0 Å². The maximum absolute atomic E-state index is 11.2. The summed E-state index contributed by atoms with van der Waals surface area (Å²) >= 11 is 0. The van der Waals surface area contributed by atoms with Gasteiger partial charge >= 0.3 is 0 Å². The molecule has 1 aliphatic carbocycles. The zero-order chi connectivity index (χ0) is 10.4. The third kappa shape index (κ3) is 1.70. The summed E-state index contributed by atoms with van der Waals surface area (Å²) in [4.78, 5) is 10.9. The Labute approximate surface area is 83.8 Å². The van der Waals surface area contributed by atoms with Crippen LogP contribution in [-0.4, -0.2) is 31.2 Å². The molecule has 14 heavy (non-hydrogen) atoms. The molecular weight excluding hydrogens is 202 g/mol. The van der Waals surface area contributed by atoms with Crippen molar-refractivity contribution in [1.29, 1.82) is 0 Å². The first kappa shape index (κ1) is 10.1. The average Bonchev–Trinajstić information content (AvgIpc) is 2.01. The molecule has 4 nitrogen and oxygen atoms in total. The second-order valence-electron chi connectivity index (χ2n) is 4.55.